The summed E-state index contributed by atoms with van der Waals surface area (Å²) in [6.07, 6.45) is 2.72. The molecule has 2 amide bonds. The molecular weight excluding hydrogens is 312 g/mol. The molecule has 0 aromatic carbocycles. The van der Waals surface area contributed by atoms with Crippen molar-refractivity contribution in [3.8, 4) is 0 Å². The number of carbonyl (C=O) groups is 2. The molecule has 7 heteroatoms. The first kappa shape index (κ1) is 16.4. The van der Waals surface area contributed by atoms with Crippen LogP contribution in [0.1, 0.15) is 40.2 Å². The standard InChI is InChI=1S/C16H24N4O2S/c1-10-14(11(2)23-18-10)15(21)17-12-4-8-20(9-5-12)13-6-7-19(3)16(13)22/h12-13H,4-9H2,1-3H3,(H,17,21)/t13-/m0/s1. The second-order valence-electron chi connectivity index (χ2n) is 6.55. The highest BCUT2D eigenvalue weighted by Crippen LogP contribution is 2.22. The van der Waals surface area contributed by atoms with E-state index in [1.54, 1.807) is 0 Å². The Kier molecular flexibility index (Phi) is 4.68. The zero-order chi connectivity index (χ0) is 16.6. The van der Waals surface area contributed by atoms with Crippen LogP contribution in [-0.2, 0) is 4.79 Å². The van der Waals surface area contributed by atoms with Gasteiger partial charge in [-0.3, -0.25) is 14.5 Å². The SMILES string of the molecule is Cc1nsc(C)c1C(=O)NC1CCN([C@H]2CCN(C)C2=O)CC1. The third kappa shape index (κ3) is 3.26. The molecule has 2 saturated heterocycles. The topological polar surface area (TPSA) is 65.5 Å². The zero-order valence-corrected chi connectivity index (χ0v) is 14.8. The molecule has 2 aliphatic heterocycles. The van der Waals surface area contributed by atoms with Gasteiger partial charge in [-0.05, 0) is 44.6 Å². The summed E-state index contributed by atoms with van der Waals surface area (Å²) in [4.78, 5) is 29.6. The van der Waals surface area contributed by atoms with Gasteiger partial charge in [0.1, 0.15) is 0 Å². The Hall–Kier alpha value is -1.47. The van der Waals surface area contributed by atoms with Crippen LogP contribution < -0.4 is 5.32 Å². The smallest absolute Gasteiger partial charge is 0.254 e. The van der Waals surface area contributed by atoms with E-state index in [1.807, 2.05) is 25.8 Å². The maximum Gasteiger partial charge on any atom is 0.254 e. The van der Waals surface area contributed by atoms with Gasteiger partial charge in [0.05, 0.1) is 17.3 Å². The number of amides is 2. The number of likely N-dealkylation sites (tertiary alicyclic amines) is 2. The molecule has 23 heavy (non-hydrogen) atoms. The minimum absolute atomic E-state index is 0.0103. The van der Waals surface area contributed by atoms with E-state index in [-0.39, 0.29) is 23.9 Å². The lowest BCUT2D eigenvalue weighted by atomic mass is 10.0. The molecule has 3 rings (SSSR count). The molecule has 1 aromatic rings. The molecule has 6 nitrogen and oxygen atoms in total. The normalized spacial score (nSPS) is 23.5. The van der Waals surface area contributed by atoms with Crippen LogP contribution in [-0.4, -0.2) is 64.8 Å². The van der Waals surface area contributed by atoms with E-state index < -0.39 is 0 Å². The fraction of sp³-hybridized carbons (Fsp3) is 0.688. The van der Waals surface area contributed by atoms with Crippen LogP contribution in [0, 0.1) is 13.8 Å². The van der Waals surface area contributed by atoms with Gasteiger partial charge < -0.3 is 10.2 Å². The quantitative estimate of drug-likeness (QED) is 0.900. The molecule has 1 atom stereocenters. The van der Waals surface area contributed by atoms with Crippen LogP contribution in [0.25, 0.3) is 0 Å². The van der Waals surface area contributed by atoms with Crippen molar-refractivity contribution in [3.05, 3.63) is 16.1 Å². The number of rotatable bonds is 3. The number of aromatic nitrogens is 1. The predicted octanol–water partition coefficient (Wildman–Crippen LogP) is 1.18. The van der Waals surface area contributed by atoms with Gasteiger partial charge in [0.15, 0.2) is 0 Å². The van der Waals surface area contributed by atoms with Gasteiger partial charge in [-0.1, -0.05) is 0 Å². The lowest BCUT2D eigenvalue weighted by Crippen LogP contribution is -2.50. The van der Waals surface area contributed by atoms with Crippen LogP contribution in [0.15, 0.2) is 0 Å². The molecular formula is C16H24N4O2S. The summed E-state index contributed by atoms with van der Waals surface area (Å²) in [6.45, 7) is 6.40. The number of hydrogen-bond acceptors (Lipinski definition) is 5. The third-order valence-electron chi connectivity index (χ3n) is 4.97. The highest BCUT2D eigenvalue weighted by Gasteiger charge is 2.36. The number of likely N-dealkylation sites (N-methyl/N-ethyl adjacent to an activating group) is 1. The molecule has 0 aliphatic carbocycles. The molecule has 0 bridgehead atoms. The Morgan fingerprint density at radius 2 is 1.91 bits per heavy atom. The average Bonchev–Trinajstić information content (AvgIpc) is 3.03. The number of carbonyl (C=O) groups excluding carboxylic acids is 2. The van der Waals surface area contributed by atoms with Crippen molar-refractivity contribution < 1.29 is 9.59 Å². The van der Waals surface area contributed by atoms with Gasteiger partial charge >= 0.3 is 0 Å². The zero-order valence-electron chi connectivity index (χ0n) is 14.0. The lowest BCUT2D eigenvalue weighted by Gasteiger charge is -2.35. The molecule has 1 aromatic heterocycles. The van der Waals surface area contributed by atoms with Crippen molar-refractivity contribution >= 4 is 23.3 Å². The maximum atomic E-state index is 12.4. The molecule has 0 radical (unpaired) electrons. The Morgan fingerprint density at radius 1 is 1.22 bits per heavy atom. The molecule has 1 N–H and O–H groups in total. The predicted molar refractivity (Wildman–Crippen MR) is 89.7 cm³/mol. The summed E-state index contributed by atoms with van der Waals surface area (Å²) in [5, 5.41) is 3.14. The van der Waals surface area contributed by atoms with E-state index in [0.29, 0.717) is 0 Å². The molecule has 3 heterocycles. The fourth-order valence-electron chi connectivity index (χ4n) is 3.56. The summed E-state index contributed by atoms with van der Waals surface area (Å²) in [5.41, 5.74) is 1.53. The monoisotopic (exact) mass is 336 g/mol. The summed E-state index contributed by atoms with van der Waals surface area (Å²) < 4.78 is 4.24. The number of aryl methyl sites for hydroxylation is 2. The second-order valence-corrected chi connectivity index (χ2v) is 7.52. The molecule has 126 valence electrons. The van der Waals surface area contributed by atoms with Gasteiger partial charge in [0.25, 0.3) is 5.91 Å². The Morgan fingerprint density at radius 3 is 2.43 bits per heavy atom. The Balaban J connectivity index is 1.54. The van der Waals surface area contributed by atoms with Gasteiger partial charge in [-0.25, -0.2) is 0 Å². The van der Waals surface area contributed by atoms with Crippen molar-refractivity contribution in [1.29, 1.82) is 0 Å². The third-order valence-corrected chi connectivity index (χ3v) is 5.81. The van der Waals surface area contributed by atoms with Gasteiger partial charge in [0, 0.05) is 37.6 Å². The maximum absolute atomic E-state index is 12.4. The summed E-state index contributed by atoms with van der Waals surface area (Å²) in [7, 11) is 1.87. The van der Waals surface area contributed by atoms with Gasteiger partial charge in [-0.15, -0.1) is 0 Å². The van der Waals surface area contributed by atoms with Crippen LogP contribution in [0.4, 0.5) is 0 Å². The minimum atomic E-state index is -0.0103. The average molecular weight is 336 g/mol. The summed E-state index contributed by atoms with van der Waals surface area (Å²) in [6, 6.07) is 0.230. The lowest BCUT2D eigenvalue weighted by molar-refractivity contribution is -0.131. The van der Waals surface area contributed by atoms with Gasteiger partial charge in [-0.2, -0.15) is 4.37 Å². The first-order valence-electron chi connectivity index (χ1n) is 8.20. The molecule has 0 saturated carbocycles. The highest BCUT2D eigenvalue weighted by atomic mass is 32.1. The largest absolute Gasteiger partial charge is 0.349 e. The van der Waals surface area contributed by atoms with E-state index in [9.17, 15) is 9.59 Å². The van der Waals surface area contributed by atoms with Crippen LogP contribution in [0.5, 0.6) is 0 Å². The first-order valence-corrected chi connectivity index (χ1v) is 8.97. The van der Waals surface area contributed by atoms with Crippen molar-refractivity contribution in [1.82, 2.24) is 19.5 Å². The minimum Gasteiger partial charge on any atom is -0.349 e. The van der Waals surface area contributed by atoms with Crippen LogP contribution in [0.3, 0.4) is 0 Å². The Labute approximate surface area is 141 Å². The van der Waals surface area contributed by atoms with Crippen molar-refractivity contribution in [2.24, 2.45) is 0 Å². The molecule has 0 unspecified atom stereocenters. The van der Waals surface area contributed by atoms with E-state index in [4.69, 9.17) is 0 Å². The van der Waals surface area contributed by atoms with Crippen molar-refractivity contribution in [2.45, 2.75) is 45.2 Å². The van der Waals surface area contributed by atoms with Crippen molar-refractivity contribution in [2.75, 3.05) is 26.7 Å². The van der Waals surface area contributed by atoms with E-state index in [2.05, 4.69) is 14.6 Å². The molecule has 2 aliphatic rings. The number of nitrogens with one attached hydrogen (secondary N) is 1. The first-order chi connectivity index (χ1) is 11.0. The Bertz CT molecular complexity index is 588. The van der Waals surface area contributed by atoms with Crippen LogP contribution in [0.2, 0.25) is 0 Å². The highest BCUT2D eigenvalue weighted by molar-refractivity contribution is 7.06. The van der Waals surface area contributed by atoms with Crippen LogP contribution >= 0.6 is 11.5 Å². The number of nitrogens with zero attached hydrogens (tertiary/aromatic N) is 3. The van der Waals surface area contributed by atoms with Crippen molar-refractivity contribution in [3.63, 3.8) is 0 Å². The second kappa shape index (κ2) is 6.57. The number of piperidine rings is 1. The van der Waals surface area contributed by atoms with Gasteiger partial charge in [0.2, 0.25) is 5.91 Å². The number of hydrogen-bond donors (Lipinski definition) is 1. The molecule has 0 spiro atoms. The molecule has 2 fully saturated rings. The summed E-state index contributed by atoms with van der Waals surface area (Å²) >= 11 is 1.38. The van der Waals surface area contributed by atoms with E-state index >= 15 is 0 Å². The summed E-state index contributed by atoms with van der Waals surface area (Å²) in [5.74, 6) is 0.229. The van der Waals surface area contributed by atoms with E-state index in [0.717, 1.165) is 55.0 Å². The fourth-order valence-corrected chi connectivity index (χ4v) is 4.26. The van der Waals surface area contributed by atoms with E-state index in [1.165, 1.54) is 11.5 Å².